The Balaban J connectivity index is 1.82. The minimum atomic E-state index is -0.252. The van der Waals surface area contributed by atoms with E-state index in [1.807, 2.05) is 49.4 Å². The molecule has 0 bridgehead atoms. The minimum Gasteiger partial charge on any atom is -0.496 e. The van der Waals surface area contributed by atoms with Crippen LogP contribution in [0.5, 0.6) is 5.75 Å². The number of rotatable bonds is 4. The van der Waals surface area contributed by atoms with Gasteiger partial charge >= 0.3 is 5.69 Å². The number of aromatic amines is 1. The summed E-state index contributed by atoms with van der Waals surface area (Å²) in [6.45, 7) is 2.29. The van der Waals surface area contributed by atoms with Gasteiger partial charge in [-0.1, -0.05) is 24.3 Å². The van der Waals surface area contributed by atoms with E-state index in [1.54, 1.807) is 23.9 Å². The van der Waals surface area contributed by atoms with Crippen LogP contribution in [0.3, 0.4) is 0 Å². The lowest BCUT2D eigenvalue weighted by atomic mass is 10.0. The highest BCUT2D eigenvalue weighted by atomic mass is 16.5. The third-order valence-corrected chi connectivity index (χ3v) is 4.82. The third kappa shape index (κ3) is 3.03. The molecule has 2 heterocycles. The summed E-state index contributed by atoms with van der Waals surface area (Å²) in [4.78, 5) is 19.7. The van der Waals surface area contributed by atoms with Crippen LogP contribution in [0.15, 0.2) is 59.5 Å². The van der Waals surface area contributed by atoms with Gasteiger partial charge in [0.1, 0.15) is 5.75 Å². The Kier molecular flexibility index (Phi) is 4.42. The van der Waals surface area contributed by atoms with E-state index in [-0.39, 0.29) is 5.69 Å². The zero-order chi connectivity index (χ0) is 19.7. The van der Waals surface area contributed by atoms with E-state index in [4.69, 9.17) is 4.74 Å². The van der Waals surface area contributed by atoms with Crippen LogP contribution in [-0.4, -0.2) is 21.6 Å². The molecule has 0 amide bonds. The first-order valence-corrected chi connectivity index (χ1v) is 8.82. The fourth-order valence-electron chi connectivity index (χ4n) is 3.34. The smallest absolute Gasteiger partial charge is 0.327 e. The SMILES string of the molecule is COc1ccc(-c2cnc3[nH]c(=O)n(Cc4ccccc4C#N)c3c2)cc1C. The molecule has 138 valence electrons. The maximum atomic E-state index is 12.5. The third-order valence-electron chi connectivity index (χ3n) is 4.82. The van der Waals surface area contributed by atoms with Crippen LogP contribution in [0.2, 0.25) is 0 Å². The van der Waals surface area contributed by atoms with E-state index in [9.17, 15) is 10.1 Å². The van der Waals surface area contributed by atoms with Gasteiger partial charge in [-0.15, -0.1) is 0 Å². The number of hydrogen-bond acceptors (Lipinski definition) is 4. The number of nitriles is 1. The second-order valence-electron chi connectivity index (χ2n) is 6.56. The van der Waals surface area contributed by atoms with Gasteiger partial charge in [0.2, 0.25) is 0 Å². The maximum absolute atomic E-state index is 12.5. The average Bonchev–Trinajstić information content (AvgIpc) is 3.03. The number of H-pyrrole nitrogens is 1. The molecule has 4 aromatic rings. The van der Waals surface area contributed by atoms with Gasteiger partial charge in [-0.2, -0.15) is 5.26 Å². The number of benzene rings is 2. The van der Waals surface area contributed by atoms with Crippen molar-refractivity contribution >= 4 is 11.2 Å². The Morgan fingerprint density at radius 2 is 2.00 bits per heavy atom. The van der Waals surface area contributed by atoms with E-state index in [1.165, 1.54) is 0 Å². The van der Waals surface area contributed by atoms with Gasteiger partial charge in [0.05, 0.1) is 30.8 Å². The Bertz CT molecular complexity index is 1280. The number of pyridine rings is 1. The quantitative estimate of drug-likeness (QED) is 0.595. The number of imidazole rings is 1. The summed E-state index contributed by atoms with van der Waals surface area (Å²) in [6, 6.07) is 17.3. The molecular weight excluding hydrogens is 352 g/mol. The predicted octanol–water partition coefficient (Wildman–Crippen LogP) is 3.63. The normalized spacial score (nSPS) is 10.8. The van der Waals surface area contributed by atoms with Crippen molar-refractivity contribution in [2.24, 2.45) is 0 Å². The molecule has 6 heteroatoms. The molecule has 1 N–H and O–H groups in total. The van der Waals surface area contributed by atoms with Gasteiger partial charge < -0.3 is 4.74 Å². The number of aryl methyl sites for hydroxylation is 1. The zero-order valence-electron chi connectivity index (χ0n) is 15.6. The van der Waals surface area contributed by atoms with Gasteiger partial charge in [0.25, 0.3) is 0 Å². The van der Waals surface area contributed by atoms with Crippen LogP contribution in [0, 0.1) is 18.3 Å². The Morgan fingerprint density at radius 1 is 1.18 bits per heavy atom. The summed E-state index contributed by atoms with van der Waals surface area (Å²) in [5.74, 6) is 0.824. The lowest BCUT2D eigenvalue weighted by Gasteiger charge is -2.09. The Labute approximate surface area is 161 Å². The molecule has 6 nitrogen and oxygen atoms in total. The van der Waals surface area contributed by atoms with Crippen molar-refractivity contribution in [1.82, 2.24) is 14.5 Å². The first-order valence-electron chi connectivity index (χ1n) is 8.82. The molecule has 0 spiro atoms. The van der Waals surface area contributed by atoms with Crippen LogP contribution in [0.1, 0.15) is 16.7 Å². The fraction of sp³-hybridized carbons (Fsp3) is 0.136. The standard InChI is InChI=1S/C22H18N4O2/c1-14-9-15(7-8-20(14)28-2)18-10-19-21(24-12-18)25-22(27)26(19)13-17-6-4-3-5-16(17)11-23/h3-10,12H,13H2,1-2H3,(H,24,25,27). The number of fused-ring (bicyclic) bond motifs is 1. The van der Waals surface area contributed by atoms with Gasteiger partial charge in [0.15, 0.2) is 5.65 Å². The number of ether oxygens (including phenoxy) is 1. The molecule has 0 aliphatic carbocycles. The second kappa shape index (κ2) is 7.05. The summed E-state index contributed by atoms with van der Waals surface area (Å²) in [5, 5.41) is 9.32. The monoisotopic (exact) mass is 370 g/mol. The second-order valence-corrected chi connectivity index (χ2v) is 6.56. The first-order chi connectivity index (χ1) is 13.6. The average molecular weight is 370 g/mol. The Morgan fingerprint density at radius 3 is 2.75 bits per heavy atom. The summed E-state index contributed by atoms with van der Waals surface area (Å²) < 4.78 is 6.93. The van der Waals surface area contributed by atoms with Gasteiger partial charge in [-0.25, -0.2) is 9.78 Å². The lowest BCUT2D eigenvalue weighted by Crippen LogP contribution is -2.17. The van der Waals surface area contributed by atoms with E-state index in [0.29, 0.717) is 23.3 Å². The molecule has 0 radical (unpaired) electrons. The topological polar surface area (TPSA) is 83.7 Å². The largest absolute Gasteiger partial charge is 0.496 e. The molecule has 2 aromatic heterocycles. The van der Waals surface area contributed by atoms with Crippen molar-refractivity contribution in [3.63, 3.8) is 0 Å². The first kappa shape index (κ1) is 17.6. The molecule has 0 unspecified atom stereocenters. The highest BCUT2D eigenvalue weighted by Crippen LogP contribution is 2.27. The maximum Gasteiger partial charge on any atom is 0.327 e. The molecule has 0 saturated heterocycles. The van der Waals surface area contributed by atoms with Gasteiger partial charge in [-0.05, 0) is 47.9 Å². The van der Waals surface area contributed by atoms with Crippen molar-refractivity contribution in [2.75, 3.05) is 7.11 Å². The van der Waals surface area contributed by atoms with Crippen molar-refractivity contribution < 1.29 is 4.74 Å². The Hall–Kier alpha value is -3.85. The van der Waals surface area contributed by atoms with Gasteiger partial charge in [-0.3, -0.25) is 9.55 Å². The summed E-state index contributed by atoms with van der Waals surface area (Å²) in [6.07, 6.45) is 1.74. The summed E-state index contributed by atoms with van der Waals surface area (Å²) in [7, 11) is 1.65. The number of nitrogens with one attached hydrogen (secondary N) is 1. The molecule has 4 rings (SSSR count). The molecule has 28 heavy (non-hydrogen) atoms. The predicted molar refractivity (Wildman–Crippen MR) is 107 cm³/mol. The molecule has 2 aromatic carbocycles. The summed E-state index contributed by atoms with van der Waals surface area (Å²) >= 11 is 0. The molecular formula is C22H18N4O2. The van der Waals surface area contributed by atoms with E-state index >= 15 is 0 Å². The van der Waals surface area contributed by atoms with Crippen molar-refractivity contribution in [3.05, 3.63) is 81.9 Å². The fourth-order valence-corrected chi connectivity index (χ4v) is 3.34. The van der Waals surface area contributed by atoms with Crippen molar-refractivity contribution in [2.45, 2.75) is 13.5 Å². The highest BCUT2D eigenvalue weighted by Gasteiger charge is 2.12. The number of aromatic nitrogens is 3. The van der Waals surface area contributed by atoms with Gasteiger partial charge in [0, 0.05) is 11.8 Å². The summed E-state index contributed by atoms with van der Waals surface area (Å²) in [5.41, 5.74) is 5.23. The molecule has 0 atom stereocenters. The van der Waals surface area contributed by atoms with Crippen LogP contribution in [0.25, 0.3) is 22.3 Å². The van der Waals surface area contributed by atoms with Crippen LogP contribution in [0.4, 0.5) is 0 Å². The van der Waals surface area contributed by atoms with Crippen LogP contribution < -0.4 is 10.4 Å². The van der Waals surface area contributed by atoms with E-state index in [2.05, 4.69) is 16.0 Å². The molecule has 0 saturated carbocycles. The highest BCUT2D eigenvalue weighted by molar-refractivity contribution is 5.78. The van der Waals surface area contributed by atoms with Crippen LogP contribution in [-0.2, 0) is 6.54 Å². The number of methoxy groups -OCH3 is 1. The number of hydrogen-bond donors (Lipinski definition) is 1. The van der Waals surface area contributed by atoms with E-state index in [0.717, 1.165) is 28.0 Å². The van der Waals surface area contributed by atoms with Crippen molar-refractivity contribution in [1.29, 1.82) is 5.26 Å². The molecule has 0 aliphatic rings. The zero-order valence-corrected chi connectivity index (χ0v) is 15.6. The number of nitrogens with zero attached hydrogens (tertiary/aromatic N) is 3. The molecule has 0 fully saturated rings. The van der Waals surface area contributed by atoms with Crippen molar-refractivity contribution in [3.8, 4) is 22.9 Å². The minimum absolute atomic E-state index is 0.252. The molecule has 0 aliphatic heterocycles. The van der Waals surface area contributed by atoms with E-state index < -0.39 is 0 Å². The lowest BCUT2D eigenvalue weighted by molar-refractivity contribution is 0.412. The van der Waals surface area contributed by atoms with Crippen LogP contribution >= 0.6 is 0 Å².